The molecule has 0 aromatic heterocycles. The molecule has 9 heteroatoms. The number of primary amides is 1. The molecule has 0 bridgehead atoms. The van der Waals surface area contributed by atoms with E-state index in [1.165, 1.54) is 24.3 Å². The summed E-state index contributed by atoms with van der Waals surface area (Å²) in [5, 5.41) is 9.15. The first-order valence-electron chi connectivity index (χ1n) is 5.51. The molecule has 7 nitrogen and oxygen atoms in total. The van der Waals surface area contributed by atoms with Crippen LogP contribution in [0.1, 0.15) is 12.8 Å². The Kier molecular flexibility index (Phi) is 5.49. The smallest absolute Gasteiger partial charge is 0.321 e. The fraction of sp³-hybridized carbons (Fsp3) is 0.273. The average Bonchev–Trinajstić information content (AvgIpc) is 2.34. The molecule has 1 aromatic rings. The Balaban J connectivity index is 2.91. The number of rotatable bonds is 7. The molecule has 1 aromatic carbocycles. The van der Waals surface area contributed by atoms with Crippen molar-refractivity contribution in [2.24, 2.45) is 5.73 Å². The fourth-order valence-corrected chi connectivity index (χ4v) is 2.93. The van der Waals surface area contributed by atoms with Crippen molar-refractivity contribution in [3.05, 3.63) is 29.3 Å². The largest absolute Gasteiger partial charge is 0.480 e. The Labute approximate surface area is 120 Å². The summed E-state index contributed by atoms with van der Waals surface area (Å²) in [4.78, 5) is 21.5. The third kappa shape index (κ3) is 4.80. The molecular formula is C11H13ClN2O5S. The van der Waals surface area contributed by atoms with Gasteiger partial charge in [-0.2, -0.15) is 4.72 Å². The highest BCUT2D eigenvalue weighted by Crippen LogP contribution is 2.16. The maximum Gasteiger partial charge on any atom is 0.321 e. The molecule has 110 valence electrons. The van der Waals surface area contributed by atoms with Gasteiger partial charge in [0.25, 0.3) is 0 Å². The van der Waals surface area contributed by atoms with E-state index >= 15 is 0 Å². The van der Waals surface area contributed by atoms with Crippen molar-refractivity contribution in [1.29, 1.82) is 0 Å². The van der Waals surface area contributed by atoms with Gasteiger partial charge in [0.15, 0.2) is 0 Å². The minimum absolute atomic E-state index is 0.157. The topological polar surface area (TPSA) is 127 Å². The molecule has 0 saturated carbocycles. The van der Waals surface area contributed by atoms with E-state index in [0.29, 0.717) is 0 Å². The van der Waals surface area contributed by atoms with E-state index in [9.17, 15) is 18.0 Å². The average molecular weight is 321 g/mol. The van der Waals surface area contributed by atoms with E-state index in [0.717, 1.165) is 0 Å². The van der Waals surface area contributed by atoms with Crippen molar-refractivity contribution in [3.8, 4) is 0 Å². The molecule has 0 saturated heterocycles. The Morgan fingerprint density at radius 3 is 2.55 bits per heavy atom. The van der Waals surface area contributed by atoms with Crippen LogP contribution in [0.2, 0.25) is 5.02 Å². The van der Waals surface area contributed by atoms with Gasteiger partial charge in [-0.1, -0.05) is 17.7 Å². The fourth-order valence-electron chi connectivity index (χ4n) is 1.41. The molecule has 0 heterocycles. The second kappa shape index (κ2) is 6.69. The van der Waals surface area contributed by atoms with Crippen LogP contribution >= 0.6 is 11.6 Å². The second-order valence-corrected chi connectivity index (χ2v) is 6.12. The van der Waals surface area contributed by atoms with E-state index in [2.05, 4.69) is 0 Å². The molecule has 1 amide bonds. The first-order valence-corrected chi connectivity index (χ1v) is 7.37. The van der Waals surface area contributed by atoms with Gasteiger partial charge < -0.3 is 10.8 Å². The number of carboxylic acid groups (broad SMARTS) is 1. The van der Waals surface area contributed by atoms with Crippen molar-refractivity contribution in [2.45, 2.75) is 23.8 Å². The summed E-state index contributed by atoms with van der Waals surface area (Å²) in [7, 11) is -4.04. The molecule has 0 aliphatic carbocycles. The van der Waals surface area contributed by atoms with Crippen molar-refractivity contribution in [3.63, 3.8) is 0 Å². The number of benzene rings is 1. The predicted octanol–water partition coefficient (Wildman–Crippen LogP) is 0.337. The molecule has 0 unspecified atom stereocenters. The number of carboxylic acids is 1. The number of hydrogen-bond donors (Lipinski definition) is 3. The lowest BCUT2D eigenvalue weighted by Gasteiger charge is -2.14. The van der Waals surface area contributed by atoms with Crippen LogP contribution in [-0.4, -0.2) is 31.4 Å². The van der Waals surface area contributed by atoms with Crippen LogP contribution in [0.5, 0.6) is 0 Å². The Hall–Kier alpha value is -1.64. The number of hydrogen-bond acceptors (Lipinski definition) is 4. The molecular weight excluding hydrogens is 308 g/mol. The lowest BCUT2D eigenvalue weighted by Crippen LogP contribution is -2.41. The maximum atomic E-state index is 12.0. The van der Waals surface area contributed by atoms with E-state index in [1.807, 2.05) is 4.72 Å². The minimum atomic E-state index is -4.04. The minimum Gasteiger partial charge on any atom is -0.480 e. The number of sulfonamides is 1. The zero-order valence-corrected chi connectivity index (χ0v) is 11.8. The lowest BCUT2D eigenvalue weighted by molar-refractivity contribution is -0.139. The first kappa shape index (κ1) is 16.4. The van der Waals surface area contributed by atoms with Gasteiger partial charge in [0.2, 0.25) is 15.9 Å². The zero-order valence-electron chi connectivity index (χ0n) is 10.2. The van der Waals surface area contributed by atoms with Crippen LogP contribution in [0.4, 0.5) is 0 Å². The summed E-state index contributed by atoms with van der Waals surface area (Å²) in [6.07, 6.45) is -0.473. The van der Waals surface area contributed by atoms with Gasteiger partial charge in [-0.05, 0) is 24.6 Å². The summed E-state index contributed by atoms with van der Waals surface area (Å²) in [5.41, 5.74) is 4.91. The predicted molar refractivity (Wildman–Crippen MR) is 71.6 cm³/mol. The molecule has 1 atom stereocenters. The summed E-state index contributed by atoms with van der Waals surface area (Å²) in [5.74, 6) is -2.10. The van der Waals surface area contributed by atoms with Gasteiger partial charge in [0.05, 0.1) is 4.90 Å². The number of carbonyl (C=O) groups is 2. The molecule has 1 rings (SSSR count). The Bertz CT molecular complexity index is 617. The highest BCUT2D eigenvalue weighted by molar-refractivity contribution is 7.89. The Morgan fingerprint density at radius 1 is 1.40 bits per heavy atom. The van der Waals surface area contributed by atoms with Crippen LogP contribution in [0.25, 0.3) is 0 Å². The highest BCUT2D eigenvalue weighted by atomic mass is 35.5. The molecule has 0 aliphatic rings. The third-order valence-electron chi connectivity index (χ3n) is 2.38. The maximum absolute atomic E-state index is 12.0. The van der Waals surface area contributed by atoms with Gasteiger partial charge in [0.1, 0.15) is 6.04 Å². The number of halogens is 1. The van der Waals surface area contributed by atoms with E-state index < -0.39 is 27.9 Å². The molecule has 0 radical (unpaired) electrons. The van der Waals surface area contributed by atoms with Crippen LogP contribution in [-0.2, 0) is 19.6 Å². The molecule has 0 aliphatic heterocycles. The number of aliphatic carboxylic acids is 1. The zero-order chi connectivity index (χ0) is 15.3. The van der Waals surface area contributed by atoms with Crippen molar-refractivity contribution >= 4 is 33.5 Å². The Morgan fingerprint density at radius 2 is 2.05 bits per heavy atom. The molecule has 0 spiro atoms. The first-order chi connectivity index (χ1) is 9.22. The monoisotopic (exact) mass is 320 g/mol. The standard InChI is InChI=1S/C11H13ClN2O5S/c12-7-2-1-3-8(6-7)20(18,19)14-9(11(16)17)4-5-10(13)15/h1-3,6,9,14H,4-5H2,(H2,13,15)(H,16,17)/t9-/m0/s1. The van der Waals surface area contributed by atoms with E-state index in [-0.39, 0.29) is 22.8 Å². The quantitative estimate of drug-likeness (QED) is 0.667. The number of amides is 1. The van der Waals surface area contributed by atoms with Crippen LogP contribution < -0.4 is 10.5 Å². The number of nitrogens with two attached hydrogens (primary N) is 1. The van der Waals surface area contributed by atoms with Gasteiger partial charge >= 0.3 is 5.97 Å². The SMILES string of the molecule is NC(=O)CC[C@H](NS(=O)(=O)c1cccc(Cl)c1)C(=O)O. The van der Waals surface area contributed by atoms with Crippen LogP contribution in [0.3, 0.4) is 0 Å². The van der Waals surface area contributed by atoms with Gasteiger partial charge in [-0.3, -0.25) is 9.59 Å². The third-order valence-corrected chi connectivity index (χ3v) is 4.09. The normalized spacial score (nSPS) is 12.8. The summed E-state index contributed by atoms with van der Waals surface area (Å²) in [6, 6.07) is 3.95. The second-order valence-electron chi connectivity index (χ2n) is 3.97. The molecule has 0 fully saturated rings. The van der Waals surface area contributed by atoms with Gasteiger partial charge in [-0.25, -0.2) is 8.42 Å². The van der Waals surface area contributed by atoms with Crippen LogP contribution in [0.15, 0.2) is 29.2 Å². The summed E-state index contributed by atoms with van der Waals surface area (Å²) >= 11 is 5.68. The van der Waals surface area contributed by atoms with Crippen molar-refractivity contribution in [1.82, 2.24) is 4.72 Å². The molecule has 4 N–H and O–H groups in total. The number of carbonyl (C=O) groups excluding carboxylic acids is 1. The van der Waals surface area contributed by atoms with Gasteiger partial charge in [0, 0.05) is 11.4 Å². The highest BCUT2D eigenvalue weighted by Gasteiger charge is 2.25. The summed E-state index contributed by atoms with van der Waals surface area (Å²) in [6.45, 7) is 0. The summed E-state index contributed by atoms with van der Waals surface area (Å²) < 4.78 is 26.0. The molecule has 20 heavy (non-hydrogen) atoms. The van der Waals surface area contributed by atoms with E-state index in [4.69, 9.17) is 22.4 Å². The lowest BCUT2D eigenvalue weighted by atomic mass is 10.2. The van der Waals surface area contributed by atoms with Crippen molar-refractivity contribution in [2.75, 3.05) is 0 Å². The van der Waals surface area contributed by atoms with Crippen LogP contribution in [0, 0.1) is 0 Å². The van der Waals surface area contributed by atoms with Gasteiger partial charge in [-0.15, -0.1) is 0 Å². The number of nitrogens with one attached hydrogen (secondary N) is 1. The van der Waals surface area contributed by atoms with E-state index in [1.54, 1.807) is 0 Å². The van der Waals surface area contributed by atoms with Crippen molar-refractivity contribution < 1.29 is 23.1 Å².